The fraction of sp³-hybridized carbons (Fsp3) is 0.400. The second-order valence-corrected chi connectivity index (χ2v) is 7.90. The zero-order valence-corrected chi connectivity index (χ0v) is 18.1. The van der Waals surface area contributed by atoms with Crippen molar-refractivity contribution in [1.29, 1.82) is 0 Å². The predicted molar refractivity (Wildman–Crippen MR) is 118 cm³/mol. The highest BCUT2D eigenvalue weighted by Gasteiger charge is 2.36. The van der Waals surface area contributed by atoms with Gasteiger partial charge in [-0.05, 0) is 42.5 Å². The van der Waals surface area contributed by atoms with Crippen LogP contribution in [0, 0.1) is 0 Å². The Hall–Kier alpha value is -2.79. The molecule has 5 nitrogen and oxygen atoms in total. The molecule has 2 unspecified atom stereocenters. The van der Waals surface area contributed by atoms with Gasteiger partial charge in [0.05, 0.1) is 36.6 Å². The van der Waals surface area contributed by atoms with Crippen molar-refractivity contribution in [3.8, 4) is 17.0 Å². The Labute approximate surface area is 177 Å². The Balaban J connectivity index is 2.04. The van der Waals surface area contributed by atoms with E-state index in [-0.39, 0.29) is 5.97 Å². The molecule has 2 heterocycles. The number of rotatable bonds is 7. The van der Waals surface area contributed by atoms with Crippen molar-refractivity contribution in [3.05, 3.63) is 53.1 Å². The highest BCUT2D eigenvalue weighted by Crippen LogP contribution is 2.51. The summed E-state index contributed by atoms with van der Waals surface area (Å²) in [6, 6.07) is 11.6. The maximum atomic E-state index is 12.2. The fourth-order valence-electron chi connectivity index (χ4n) is 4.85. The van der Waals surface area contributed by atoms with Gasteiger partial charge in [-0.1, -0.05) is 44.9 Å². The van der Waals surface area contributed by atoms with E-state index in [9.17, 15) is 9.90 Å². The van der Waals surface area contributed by atoms with E-state index in [0.29, 0.717) is 17.2 Å². The number of nitrogens with zero attached hydrogens (tertiary/aromatic N) is 1. The Morgan fingerprint density at radius 2 is 2.00 bits per heavy atom. The number of aliphatic hydroxyl groups excluding tert-OH is 1. The van der Waals surface area contributed by atoms with Gasteiger partial charge in [0, 0.05) is 10.9 Å². The summed E-state index contributed by atoms with van der Waals surface area (Å²) in [5.41, 5.74) is 5.41. The molecule has 4 rings (SSSR count). The second-order valence-electron chi connectivity index (χ2n) is 7.90. The Morgan fingerprint density at radius 3 is 2.67 bits per heavy atom. The van der Waals surface area contributed by atoms with Crippen molar-refractivity contribution in [2.75, 3.05) is 14.2 Å². The van der Waals surface area contributed by atoms with Gasteiger partial charge in [0.15, 0.2) is 6.23 Å². The molecular weight excluding hydrogens is 378 g/mol. The number of carbonyl (C=O) groups is 1. The van der Waals surface area contributed by atoms with Crippen molar-refractivity contribution in [3.63, 3.8) is 0 Å². The SMILES string of the molecule is CCCCC(CC)c1c2n(c3cc(C(=O)OC)ccc13)C(O)c1c(OC)cccc1-2. The molecule has 0 radical (unpaired) electrons. The van der Waals surface area contributed by atoms with E-state index in [4.69, 9.17) is 9.47 Å². The molecule has 0 saturated heterocycles. The van der Waals surface area contributed by atoms with Crippen LogP contribution in [0.5, 0.6) is 5.75 Å². The van der Waals surface area contributed by atoms with E-state index in [2.05, 4.69) is 19.9 Å². The molecule has 0 bridgehead atoms. The zero-order valence-electron chi connectivity index (χ0n) is 18.1. The first-order valence-electron chi connectivity index (χ1n) is 10.7. The van der Waals surface area contributed by atoms with E-state index < -0.39 is 6.23 Å². The van der Waals surface area contributed by atoms with Gasteiger partial charge in [0.2, 0.25) is 0 Å². The third-order valence-electron chi connectivity index (χ3n) is 6.32. The lowest BCUT2D eigenvalue weighted by Gasteiger charge is -2.17. The third kappa shape index (κ3) is 3.00. The number of hydrogen-bond donors (Lipinski definition) is 1. The lowest BCUT2D eigenvalue weighted by atomic mass is 9.87. The van der Waals surface area contributed by atoms with Gasteiger partial charge < -0.3 is 19.1 Å². The van der Waals surface area contributed by atoms with E-state index in [1.165, 1.54) is 12.7 Å². The van der Waals surface area contributed by atoms with Crippen molar-refractivity contribution < 1.29 is 19.4 Å². The third-order valence-corrected chi connectivity index (χ3v) is 6.32. The molecule has 1 N–H and O–H groups in total. The maximum Gasteiger partial charge on any atom is 0.337 e. The molecule has 0 spiro atoms. The number of esters is 1. The number of unbranched alkanes of at least 4 members (excludes halogenated alkanes) is 1. The van der Waals surface area contributed by atoms with Crippen LogP contribution in [0.15, 0.2) is 36.4 Å². The van der Waals surface area contributed by atoms with Crippen LogP contribution in [0.2, 0.25) is 0 Å². The van der Waals surface area contributed by atoms with Gasteiger partial charge >= 0.3 is 5.97 Å². The van der Waals surface area contributed by atoms with Crippen LogP contribution in [0.25, 0.3) is 22.2 Å². The van der Waals surface area contributed by atoms with Gasteiger partial charge in [-0.25, -0.2) is 4.79 Å². The number of carbonyl (C=O) groups excluding carboxylic acids is 1. The molecule has 1 aliphatic heterocycles. The molecule has 30 heavy (non-hydrogen) atoms. The average molecular weight is 408 g/mol. The molecule has 2 aromatic carbocycles. The van der Waals surface area contributed by atoms with Crippen molar-refractivity contribution >= 4 is 16.9 Å². The monoisotopic (exact) mass is 407 g/mol. The summed E-state index contributed by atoms with van der Waals surface area (Å²) >= 11 is 0. The van der Waals surface area contributed by atoms with Gasteiger partial charge in [-0.2, -0.15) is 0 Å². The first-order chi connectivity index (χ1) is 14.6. The largest absolute Gasteiger partial charge is 0.496 e. The molecule has 2 atom stereocenters. The first kappa shape index (κ1) is 20.5. The number of aromatic nitrogens is 1. The Bertz CT molecular complexity index is 1100. The number of fused-ring (bicyclic) bond motifs is 5. The number of hydrogen-bond acceptors (Lipinski definition) is 4. The summed E-state index contributed by atoms with van der Waals surface area (Å²) in [6.07, 6.45) is 3.54. The summed E-state index contributed by atoms with van der Waals surface area (Å²) in [5, 5.41) is 12.4. The molecule has 0 aliphatic carbocycles. The highest BCUT2D eigenvalue weighted by atomic mass is 16.5. The normalized spacial score (nSPS) is 15.7. The van der Waals surface area contributed by atoms with Crippen LogP contribution in [0.3, 0.4) is 0 Å². The molecular formula is C25H29NO4. The van der Waals surface area contributed by atoms with Crippen LogP contribution < -0.4 is 4.74 Å². The summed E-state index contributed by atoms with van der Waals surface area (Å²) < 4.78 is 12.4. The van der Waals surface area contributed by atoms with Gasteiger partial charge in [-0.15, -0.1) is 0 Å². The minimum absolute atomic E-state index is 0.372. The van der Waals surface area contributed by atoms with Gasteiger partial charge in [-0.3, -0.25) is 0 Å². The summed E-state index contributed by atoms with van der Waals surface area (Å²) in [6.45, 7) is 4.43. The number of aliphatic hydroxyl groups is 1. The van der Waals surface area contributed by atoms with Crippen LogP contribution in [-0.2, 0) is 4.74 Å². The van der Waals surface area contributed by atoms with Crippen molar-refractivity contribution in [2.45, 2.75) is 51.7 Å². The van der Waals surface area contributed by atoms with Crippen LogP contribution in [0.4, 0.5) is 0 Å². The minimum atomic E-state index is -0.862. The maximum absolute atomic E-state index is 12.2. The highest BCUT2D eigenvalue weighted by molar-refractivity contribution is 6.00. The summed E-state index contributed by atoms with van der Waals surface area (Å²) in [7, 11) is 3.01. The first-order valence-corrected chi connectivity index (χ1v) is 10.7. The van der Waals surface area contributed by atoms with Crippen LogP contribution >= 0.6 is 0 Å². The smallest absolute Gasteiger partial charge is 0.337 e. The van der Waals surface area contributed by atoms with E-state index in [1.54, 1.807) is 7.11 Å². The molecule has 0 saturated carbocycles. The zero-order chi connectivity index (χ0) is 21.4. The lowest BCUT2D eigenvalue weighted by Crippen LogP contribution is -2.06. The average Bonchev–Trinajstić information content (AvgIpc) is 3.27. The molecule has 3 aromatic rings. The summed E-state index contributed by atoms with van der Waals surface area (Å²) in [5.74, 6) is 0.667. The fourth-order valence-corrected chi connectivity index (χ4v) is 4.85. The number of benzene rings is 2. The van der Waals surface area contributed by atoms with Crippen molar-refractivity contribution in [1.82, 2.24) is 4.57 Å². The van der Waals surface area contributed by atoms with E-state index >= 15 is 0 Å². The summed E-state index contributed by atoms with van der Waals surface area (Å²) in [4.78, 5) is 12.2. The van der Waals surface area contributed by atoms with E-state index in [0.717, 1.165) is 53.4 Å². The molecule has 1 aliphatic rings. The second kappa shape index (κ2) is 8.15. The van der Waals surface area contributed by atoms with Crippen LogP contribution in [-0.4, -0.2) is 29.9 Å². The Kier molecular flexibility index (Phi) is 5.56. The molecule has 0 fully saturated rings. The predicted octanol–water partition coefficient (Wildman–Crippen LogP) is 5.64. The lowest BCUT2D eigenvalue weighted by molar-refractivity contribution is 0.0600. The minimum Gasteiger partial charge on any atom is -0.496 e. The molecule has 1 aromatic heterocycles. The van der Waals surface area contributed by atoms with Gasteiger partial charge in [0.1, 0.15) is 5.75 Å². The van der Waals surface area contributed by atoms with Crippen molar-refractivity contribution in [2.24, 2.45) is 0 Å². The molecule has 158 valence electrons. The standard InChI is InChI=1S/C25H29NO4/c1-5-7-9-15(6-2)21-17-13-12-16(25(28)30-4)14-19(17)26-23(21)18-10-8-11-20(29-3)22(18)24(26)27/h8,10-15,24,27H,5-7,9H2,1-4H3. The van der Waals surface area contributed by atoms with Crippen LogP contribution in [0.1, 0.15) is 73.2 Å². The van der Waals surface area contributed by atoms with Gasteiger partial charge in [0.25, 0.3) is 0 Å². The van der Waals surface area contributed by atoms with E-state index in [1.807, 2.05) is 34.9 Å². The topological polar surface area (TPSA) is 60.7 Å². The molecule has 0 amide bonds. The molecule has 5 heteroatoms. The number of ether oxygens (including phenoxy) is 2. The Morgan fingerprint density at radius 1 is 1.20 bits per heavy atom. The number of methoxy groups -OCH3 is 2. The quantitative estimate of drug-likeness (QED) is 0.515.